The standard InChI is InChI=1S/C19H25N3O2/c1-22(15-17-6-4-3-5-7-17)13-12-20-19(23)21-14-16-8-10-18(24-2)11-9-16/h3-11H,12-15H2,1-2H3,(H2,20,21,23). The minimum absolute atomic E-state index is 0.154. The first kappa shape index (κ1) is 17.8. The molecule has 5 nitrogen and oxygen atoms in total. The third-order valence-electron chi connectivity index (χ3n) is 3.69. The van der Waals surface area contributed by atoms with Gasteiger partial charge in [-0.2, -0.15) is 0 Å². The lowest BCUT2D eigenvalue weighted by Gasteiger charge is -2.17. The SMILES string of the molecule is COc1ccc(CNC(=O)NCCN(C)Cc2ccccc2)cc1. The minimum Gasteiger partial charge on any atom is -0.497 e. The fourth-order valence-corrected chi connectivity index (χ4v) is 2.32. The maximum atomic E-state index is 11.8. The van der Waals surface area contributed by atoms with Crippen LogP contribution in [0.1, 0.15) is 11.1 Å². The van der Waals surface area contributed by atoms with Gasteiger partial charge in [-0.1, -0.05) is 42.5 Å². The number of rotatable bonds is 8. The third kappa shape index (κ3) is 6.30. The lowest BCUT2D eigenvalue weighted by molar-refractivity contribution is 0.237. The molecule has 2 rings (SSSR count). The summed E-state index contributed by atoms with van der Waals surface area (Å²) in [6.45, 7) is 2.77. The van der Waals surface area contributed by atoms with Crippen molar-refractivity contribution in [2.45, 2.75) is 13.1 Å². The predicted octanol–water partition coefficient (Wildman–Crippen LogP) is 2.63. The summed E-state index contributed by atoms with van der Waals surface area (Å²) in [5.41, 5.74) is 2.30. The molecule has 0 saturated carbocycles. The fraction of sp³-hybridized carbons (Fsp3) is 0.316. The second kappa shape index (κ2) is 9.57. The summed E-state index contributed by atoms with van der Waals surface area (Å²) >= 11 is 0. The van der Waals surface area contributed by atoms with Crippen molar-refractivity contribution >= 4 is 6.03 Å². The molecule has 24 heavy (non-hydrogen) atoms. The van der Waals surface area contributed by atoms with Gasteiger partial charge in [-0.05, 0) is 30.3 Å². The molecule has 2 aromatic carbocycles. The summed E-state index contributed by atoms with van der Waals surface area (Å²) < 4.78 is 5.11. The Morgan fingerprint density at radius 1 is 1.00 bits per heavy atom. The topological polar surface area (TPSA) is 53.6 Å². The molecule has 0 aromatic heterocycles. The van der Waals surface area contributed by atoms with Gasteiger partial charge in [0.2, 0.25) is 0 Å². The zero-order valence-corrected chi connectivity index (χ0v) is 14.3. The molecule has 0 unspecified atom stereocenters. The van der Waals surface area contributed by atoms with E-state index >= 15 is 0 Å². The van der Waals surface area contributed by atoms with Crippen LogP contribution in [0.25, 0.3) is 0 Å². The highest BCUT2D eigenvalue weighted by molar-refractivity contribution is 5.73. The van der Waals surface area contributed by atoms with Gasteiger partial charge in [0.1, 0.15) is 5.75 Å². The van der Waals surface area contributed by atoms with Crippen LogP contribution in [-0.2, 0) is 13.1 Å². The van der Waals surface area contributed by atoms with Crippen molar-refractivity contribution < 1.29 is 9.53 Å². The van der Waals surface area contributed by atoms with Gasteiger partial charge < -0.3 is 20.3 Å². The quantitative estimate of drug-likeness (QED) is 0.784. The molecule has 0 atom stereocenters. The molecule has 2 amide bonds. The summed E-state index contributed by atoms with van der Waals surface area (Å²) in [5.74, 6) is 0.810. The summed E-state index contributed by atoms with van der Waals surface area (Å²) in [7, 11) is 3.68. The van der Waals surface area contributed by atoms with Gasteiger partial charge in [0, 0.05) is 26.2 Å². The molecular formula is C19H25N3O2. The fourth-order valence-electron chi connectivity index (χ4n) is 2.32. The molecule has 0 aliphatic rings. The van der Waals surface area contributed by atoms with Gasteiger partial charge in [0.15, 0.2) is 0 Å². The van der Waals surface area contributed by atoms with E-state index in [4.69, 9.17) is 4.74 Å². The van der Waals surface area contributed by atoms with Gasteiger partial charge in [-0.15, -0.1) is 0 Å². The molecule has 2 aromatic rings. The Bertz CT molecular complexity index is 614. The molecule has 0 aliphatic carbocycles. The number of carbonyl (C=O) groups excluding carboxylic acids is 1. The Morgan fingerprint density at radius 2 is 1.71 bits per heavy atom. The lowest BCUT2D eigenvalue weighted by atomic mass is 10.2. The van der Waals surface area contributed by atoms with E-state index in [9.17, 15) is 4.79 Å². The van der Waals surface area contributed by atoms with Crippen molar-refractivity contribution in [2.24, 2.45) is 0 Å². The highest BCUT2D eigenvalue weighted by Gasteiger charge is 2.03. The molecular weight excluding hydrogens is 302 g/mol. The van der Waals surface area contributed by atoms with Crippen LogP contribution in [0.5, 0.6) is 5.75 Å². The smallest absolute Gasteiger partial charge is 0.315 e. The summed E-state index contributed by atoms with van der Waals surface area (Å²) in [5, 5.41) is 5.73. The van der Waals surface area contributed by atoms with Crippen LogP contribution >= 0.6 is 0 Å². The van der Waals surface area contributed by atoms with Crippen molar-refractivity contribution in [3.05, 3.63) is 65.7 Å². The second-order valence-electron chi connectivity index (χ2n) is 5.68. The second-order valence-corrected chi connectivity index (χ2v) is 5.68. The van der Waals surface area contributed by atoms with Crippen molar-refractivity contribution in [3.63, 3.8) is 0 Å². The molecule has 2 N–H and O–H groups in total. The molecule has 128 valence electrons. The van der Waals surface area contributed by atoms with E-state index in [-0.39, 0.29) is 6.03 Å². The molecule has 0 heterocycles. The Labute approximate surface area is 143 Å². The molecule has 0 spiro atoms. The van der Waals surface area contributed by atoms with Crippen LogP contribution in [0.4, 0.5) is 4.79 Å². The number of nitrogens with one attached hydrogen (secondary N) is 2. The third-order valence-corrected chi connectivity index (χ3v) is 3.69. The number of hydrogen-bond acceptors (Lipinski definition) is 3. The Kier molecular flexibility index (Phi) is 7.11. The van der Waals surface area contributed by atoms with Crippen molar-refractivity contribution in [3.8, 4) is 5.75 Å². The molecule has 0 fully saturated rings. The lowest BCUT2D eigenvalue weighted by Crippen LogP contribution is -2.39. The first-order chi connectivity index (χ1) is 11.7. The Balaban J connectivity index is 1.62. The average molecular weight is 327 g/mol. The number of methoxy groups -OCH3 is 1. The minimum atomic E-state index is -0.154. The van der Waals surface area contributed by atoms with Crippen LogP contribution < -0.4 is 15.4 Å². The van der Waals surface area contributed by atoms with Gasteiger partial charge in [0.25, 0.3) is 0 Å². The van der Waals surface area contributed by atoms with Gasteiger partial charge in [0.05, 0.1) is 7.11 Å². The van der Waals surface area contributed by atoms with Crippen molar-refractivity contribution in [2.75, 3.05) is 27.2 Å². The van der Waals surface area contributed by atoms with Crippen molar-refractivity contribution in [1.82, 2.24) is 15.5 Å². The highest BCUT2D eigenvalue weighted by atomic mass is 16.5. The number of amides is 2. The highest BCUT2D eigenvalue weighted by Crippen LogP contribution is 2.10. The van der Waals surface area contributed by atoms with Gasteiger partial charge in [-0.3, -0.25) is 0 Å². The Hall–Kier alpha value is -2.53. The summed E-state index contributed by atoms with van der Waals surface area (Å²) in [6, 6.07) is 17.8. The maximum Gasteiger partial charge on any atom is 0.315 e. The molecule has 5 heteroatoms. The molecule has 0 bridgehead atoms. The Morgan fingerprint density at radius 3 is 2.38 bits per heavy atom. The van der Waals surface area contributed by atoms with E-state index in [0.29, 0.717) is 13.1 Å². The number of urea groups is 1. The maximum absolute atomic E-state index is 11.8. The van der Waals surface area contributed by atoms with E-state index in [2.05, 4.69) is 27.7 Å². The predicted molar refractivity (Wildman–Crippen MR) is 96.0 cm³/mol. The number of hydrogen-bond donors (Lipinski definition) is 2. The van der Waals surface area contributed by atoms with Gasteiger partial charge in [-0.25, -0.2) is 4.79 Å². The van der Waals surface area contributed by atoms with Crippen LogP contribution in [0.15, 0.2) is 54.6 Å². The van der Waals surface area contributed by atoms with E-state index in [1.807, 2.05) is 49.5 Å². The van der Waals surface area contributed by atoms with Gasteiger partial charge >= 0.3 is 6.03 Å². The van der Waals surface area contributed by atoms with Crippen LogP contribution in [0.2, 0.25) is 0 Å². The summed E-state index contributed by atoms with van der Waals surface area (Å²) in [4.78, 5) is 14.0. The van der Waals surface area contributed by atoms with Crippen molar-refractivity contribution in [1.29, 1.82) is 0 Å². The first-order valence-electron chi connectivity index (χ1n) is 8.04. The van der Waals surface area contributed by atoms with Crippen LogP contribution in [-0.4, -0.2) is 38.2 Å². The molecule has 0 aliphatic heterocycles. The van der Waals surface area contributed by atoms with Crippen LogP contribution in [0, 0.1) is 0 Å². The van der Waals surface area contributed by atoms with E-state index in [1.54, 1.807) is 7.11 Å². The zero-order chi connectivity index (χ0) is 17.2. The molecule has 0 radical (unpaired) electrons. The normalized spacial score (nSPS) is 10.5. The van der Waals surface area contributed by atoms with E-state index < -0.39 is 0 Å². The number of ether oxygens (including phenoxy) is 1. The number of nitrogens with zero attached hydrogens (tertiary/aromatic N) is 1. The van der Waals surface area contributed by atoms with E-state index in [1.165, 1.54) is 5.56 Å². The average Bonchev–Trinajstić information content (AvgIpc) is 2.61. The number of likely N-dealkylation sites (N-methyl/N-ethyl adjacent to an activating group) is 1. The summed E-state index contributed by atoms with van der Waals surface area (Å²) in [6.07, 6.45) is 0. The number of carbonyl (C=O) groups is 1. The molecule has 0 saturated heterocycles. The largest absolute Gasteiger partial charge is 0.497 e. The number of benzene rings is 2. The zero-order valence-electron chi connectivity index (χ0n) is 14.3. The van der Waals surface area contributed by atoms with Crippen LogP contribution in [0.3, 0.4) is 0 Å². The van der Waals surface area contributed by atoms with E-state index in [0.717, 1.165) is 24.4 Å². The monoisotopic (exact) mass is 327 g/mol. The first-order valence-corrected chi connectivity index (χ1v) is 8.04.